The number of hydrogen-bond acceptors (Lipinski definition) is 5. The summed E-state index contributed by atoms with van der Waals surface area (Å²) in [6, 6.07) is 0. The summed E-state index contributed by atoms with van der Waals surface area (Å²) < 4.78 is 11.5. The van der Waals surface area contributed by atoms with Gasteiger partial charge in [-0.2, -0.15) is 0 Å². The van der Waals surface area contributed by atoms with Crippen LogP contribution in [-0.4, -0.2) is 38.2 Å². The highest BCUT2D eigenvalue weighted by atomic mass is 16.5. The van der Waals surface area contributed by atoms with Gasteiger partial charge in [-0.3, -0.25) is 9.59 Å². The Balaban J connectivity index is 3.90. The molecule has 5 nitrogen and oxygen atoms in total. The molecule has 2 atom stereocenters. The maximum atomic E-state index is 12.4. The van der Waals surface area contributed by atoms with Crippen LogP contribution in [0.1, 0.15) is 233 Å². The highest BCUT2D eigenvalue weighted by Gasteiger charge is 2.14. The van der Waals surface area contributed by atoms with Crippen molar-refractivity contribution in [1.29, 1.82) is 0 Å². The molecule has 0 aliphatic rings. The smallest absolute Gasteiger partial charge is 0.305 e. The van der Waals surface area contributed by atoms with Crippen molar-refractivity contribution in [2.45, 2.75) is 233 Å². The molecular weight excluding hydrogens is 606 g/mol. The van der Waals surface area contributed by atoms with Gasteiger partial charge in [0.15, 0.2) is 0 Å². The molecule has 1 N–H and O–H groups in total. The maximum absolute atomic E-state index is 12.4. The van der Waals surface area contributed by atoms with Gasteiger partial charge < -0.3 is 14.8 Å². The van der Waals surface area contributed by atoms with Gasteiger partial charge in [-0.05, 0) is 76.3 Å². The van der Waals surface area contributed by atoms with Crippen LogP contribution in [0.15, 0.2) is 0 Å². The first-order valence-corrected chi connectivity index (χ1v) is 22.1. The average Bonchev–Trinajstić information content (AvgIpc) is 3.10. The average molecular weight is 694 g/mol. The van der Waals surface area contributed by atoms with Gasteiger partial charge >= 0.3 is 11.9 Å². The first kappa shape index (κ1) is 47.9. The van der Waals surface area contributed by atoms with Crippen LogP contribution in [0.4, 0.5) is 0 Å². The van der Waals surface area contributed by atoms with Crippen molar-refractivity contribution in [3.05, 3.63) is 0 Å². The zero-order valence-corrected chi connectivity index (χ0v) is 33.7. The van der Waals surface area contributed by atoms with Crippen LogP contribution in [0.2, 0.25) is 0 Å². The number of carbonyl (C=O) groups excluding carboxylic acids is 2. The van der Waals surface area contributed by atoms with Gasteiger partial charge in [-0.25, -0.2) is 0 Å². The second kappa shape index (κ2) is 39.7. The number of carbonyl (C=O) groups is 2. The molecule has 0 saturated carbocycles. The molecule has 0 aromatic rings. The summed E-state index contributed by atoms with van der Waals surface area (Å²) in [5.74, 6) is 1.07. The Kier molecular flexibility index (Phi) is 38.8. The summed E-state index contributed by atoms with van der Waals surface area (Å²) in [5, 5.41) is 3.54. The van der Waals surface area contributed by atoms with Crippen molar-refractivity contribution >= 4 is 11.9 Å². The summed E-state index contributed by atoms with van der Waals surface area (Å²) in [5.41, 5.74) is 0. The molecule has 0 saturated heterocycles. The highest BCUT2D eigenvalue weighted by molar-refractivity contribution is 5.69. The minimum atomic E-state index is -0.00621. The quantitative estimate of drug-likeness (QED) is 0.0511. The predicted octanol–water partition coefficient (Wildman–Crippen LogP) is 13.5. The third-order valence-corrected chi connectivity index (χ3v) is 10.3. The van der Waals surface area contributed by atoms with Crippen molar-refractivity contribution in [1.82, 2.24) is 5.32 Å². The van der Waals surface area contributed by atoms with Crippen molar-refractivity contribution in [3.63, 3.8) is 0 Å². The Bertz CT molecular complexity index is 628. The predicted molar refractivity (Wildman–Crippen MR) is 212 cm³/mol. The highest BCUT2D eigenvalue weighted by Crippen LogP contribution is 2.21. The van der Waals surface area contributed by atoms with Crippen LogP contribution in [0.3, 0.4) is 0 Å². The number of esters is 2. The monoisotopic (exact) mass is 694 g/mol. The lowest BCUT2D eigenvalue weighted by Crippen LogP contribution is -2.17. The molecule has 0 amide bonds. The normalized spacial score (nSPS) is 12.7. The van der Waals surface area contributed by atoms with Gasteiger partial charge in [0.25, 0.3) is 0 Å². The van der Waals surface area contributed by atoms with E-state index >= 15 is 0 Å². The largest absolute Gasteiger partial charge is 0.465 e. The van der Waals surface area contributed by atoms with Gasteiger partial charge in [-0.15, -0.1) is 0 Å². The van der Waals surface area contributed by atoms with Gasteiger partial charge in [-0.1, -0.05) is 169 Å². The molecule has 0 spiro atoms. The van der Waals surface area contributed by atoms with Crippen LogP contribution in [-0.2, 0) is 19.1 Å². The number of hydrogen-bond donors (Lipinski definition) is 1. The first-order chi connectivity index (χ1) is 24.1. The van der Waals surface area contributed by atoms with E-state index in [9.17, 15) is 9.59 Å². The summed E-state index contributed by atoms with van der Waals surface area (Å²) >= 11 is 0. The molecule has 0 aromatic heterocycles. The van der Waals surface area contributed by atoms with Crippen LogP contribution in [0.25, 0.3) is 0 Å². The lowest BCUT2D eigenvalue weighted by atomic mass is 9.95. The van der Waals surface area contributed by atoms with Gasteiger partial charge in [0.05, 0.1) is 13.2 Å². The van der Waals surface area contributed by atoms with E-state index < -0.39 is 0 Å². The Morgan fingerprint density at radius 3 is 1.02 bits per heavy atom. The molecule has 2 unspecified atom stereocenters. The van der Waals surface area contributed by atoms with E-state index in [-0.39, 0.29) is 11.9 Å². The Hall–Kier alpha value is -1.10. The molecule has 5 heteroatoms. The summed E-state index contributed by atoms with van der Waals surface area (Å²) in [6.07, 6.45) is 38.3. The van der Waals surface area contributed by atoms with E-state index in [4.69, 9.17) is 9.47 Å². The summed E-state index contributed by atoms with van der Waals surface area (Å²) in [4.78, 5) is 24.8. The Morgan fingerprint density at radius 2 is 0.673 bits per heavy atom. The zero-order valence-electron chi connectivity index (χ0n) is 33.7. The number of unbranched alkanes of at least 4 members (excludes halogenated alkanes) is 20. The van der Waals surface area contributed by atoms with E-state index in [0.717, 1.165) is 51.6 Å². The fourth-order valence-corrected chi connectivity index (χ4v) is 6.85. The zero-order chi connectivity index (χ0) is 35.9. The molecule has 0 aliphatic carbocycles. The topological polar surface area (TPSA) is 64.6 Å². The van der Waals surface area contributed by atoms with Crippen LogP contribution >= 0.6 is 0 Å². The lowest BCUT2D eigenvalue weighted by Gasteiger charge is -2.17. The molecule has 0 heterocycles. The second-order valence-electron chi connectivity index (χ2n) is 15.3. The SMILES string of the molecule is CCCCCCCCC(CCCCCC)COC(=O)CCCCCNCCCCCC(=O)OCC(CCCCCC)CCCCCCCC. The van der Waals surface area contributed by atoms with Crippen LogP contribution in [0, 0.1) is 11.8 Å². The van der Waals surface area contributed by atoms with Crippen molar-refractivity contribution in [2.24, 2.45) is 11.8 Å². The molecule has 0 bridgehead atoms. The third-order valence-electron chi connectivity index (χ3n) is 10.3. The standard InChI is InChI=1S/C44H87NO4/c1-5-9-13-17-19-25-33-41(31-23-15-11-7-3)39-48-43(46)35-27-21-29-37-45-38-30-22-28-36-44(47)49-40-42(32-24-16-12-8-4)34-26-20-18-14-10-6-2/h41-42,45H,5-40H2,1-4H3. The maximum Gasteiger partial charge on any atom is 0.305 e. The number of ether oxygens (including phenoxy) is 2. The fourth-order valence-electron chi connectivity index (χ4n) is 6.85. The number of nitrogens with one attached hydrogen (secondary N) is 1. The van der Waals surface area contributed by atoms with E-state index in [0.29, 0.717) is 37.9 Å². The van der Waals surface area contributed by atoms with Crippen LogP contribution < -0.4 is 5.32 Å². The van der Waals surface area contributed by atoms with Crippen molar-refractivity contribution in [3.8, 4) is 0 Å². The minimum Gasteiger partial charge on any atom is -0.465 e. The van der Waals surface area contributed by atoms with Gasteiger partial charge in [0, 0.05) is 12.8 Å². The summed E-state index contributed by atoms with van der Waals surface area (Å²) in [7, 11) is 0. The molecule has 292 valence electrons. The third kappa shape index (κ3) is 36.5. The van der Waals surface area contributed by atoms with Crippen molar-refractivity contribution in [2.75, 3.05) is 26.3 Å². The summed E-state index contributed by atoms with van der Waals surface area (Å²) in [6.45, 7) is 12.3. The molecule has 0 aliphatic heterocycles. The van der Waals surface area contributed by atoms with Crippen LogP contribution in [0.5, 0.6) is 0 Å². The van der Waals surface area contributed by atoms with E-state index in [1.807, 2.05) is 0 Å². The van der Waals surface area contributed by atoms with E-state index in [2.05, 4.69) is 33.0 Å². The van der Waals surface area contributed by atoms with E-state index in [1.54, 1.807) is 0 Å². The minimum absolute atomic E-state index is 0.00621. The molecule has 0 fully saturated rings. The fraction of sp³-hybridized carbons (Fsp3) is 0.955. The first-order valence-electron chi connectivity index (χ1n) is 22.1. The Labute approximate surface area is 307 Å². The lowest BCUT2D eigenvalue weighted by molar-refractivity contribution is -0.146. The van der Waals surface area contributed by atoms with E-state index in [1.165, 1.54) is 154 Å². The molecule has 0 rings (SSSR count). The van der Waals surface area contributed by atoms with Gasteiger partial charge in [0.2, 0.25) is 0 Å². The number of rotatable bonds is 40. The molecular formula is C44H87NO4. The van der Waals surface area contributed by atoms with Crippen molar-refractivity contribution < 1.29 is 19.1 Å². The molecule has 0 radical (unpaired) electrons. The van der Waals surface area contributed by atoms with Gasteiger partial charge in [0.1, 0.15) is 0 Å². The molecule has 49 heavy (non-hydrogen) atoms. The molecule has 0 aromatic carbocycles. The Morgan fingerprint density at radius 1 is 0.388 bits per heavy atom. The second-order valence-corrected chi connectivity index (χ2v) is 15.3.